The summed E-state index contributed by atoms with van der Waals surface area (Å²) >= 11 is 0. The zero-order valence-electron chi connectivity index (χ0n) is 11.4. The van der Waals surface area contributed by atoms with Crippen LogP contribution in [-0.2, 0) is 0 Å². The first-order valence-corrected chi connectivity index (χ1v) is 7.16. The molecular formula is C15H21N3O. The van der Waals surface area contributed by atoms with Gasteiger partial charge in [0.25, 0.3) is 5.91 Å². The van der Waals surface area contributed by atoms with Crippen LogP contribution in [0.3, 0.4) is 0 Å². The zero-order valence-corrected chi connectivity index (χ0v) is 11.4. The Kier molecular flexibility index (Phi) is 3.51. The maximum atomic E-state index is 12.6. The van der Waals surface area contributed by atoms with E-state index in [1.807, 2.05) is 17.9 Å². The molecule has 2 aliphatic heterocycles. The first kappa shape index (κ1) is 12.6. The highest BCUT2D eigenvalue weighted by Crippen LogP contribution is 2.27. The van der Waals surface area contributed by atoms with E-state index in [2.05, 4.69) is 10.3 Å². The van der Waals surface area contributed by atoms with Crippen LogP contribution in [-0.4, -0.2) is 42.0 Å². The molecule has 1 aromatic rings. The molecule has 0 spiro atoms. The lowest BCUT2D eigenvalue weighted by Crippen LogP contribution is -2.33. The van der Waals surface area contributed by atoms with E-state index in [1.54, 1.807) is 12.4 Å². The van der Waals surface area contributed by atoms with Crippen molar-refractivity contribution in [2.45, 2.75) is 19.8 Å². The molecule has 19 heavy (non-hydrogen) atoms. The van der Waals surface area contributed by atoms with E-state index in [9.17, 15) is 4.79 Å². The monoisotopic (exact) mass is 259 g/mol. The van der Waals surface area contributed by atoms with Crippen molar-refractivity contribution in [2.75, 3.05) is 26.2 Å². The van der Waals surface area contributed by atoms with Crippen molar-refractivity contribution in [2.24, 2.45) is 11.8 Å². The van der Waals surface area contributed by atoms with Gasteiger partial charge in [0.15, 0.2) is 0 Å². The first-order valence-electron chi connectivity index (χ1n) is 7.16. The summed E-state index contributed by atoms with van der Waals surface area (Å²) in [5, 5.41) is 3.46. The molecule has 0 aliphatic carbocycles. The van der Waals surface area contributed by atoms with E-state index in [-0.39, 0.29) is 5.91 Å². The number of aryl methyl sites for hydroxylation is 1. The van der Waals surface area contributed by atoms with E-state index < -0.39 is 0 Å². The summed E-state index contributed by atoms with van der Waals surface area (Å²) < 4.78 is 0. The third kappa shape index (κ3) is 2.50. The normalized spacial score (nSPS) is 26.9. The number of likely N-dealkylation sites (tertiary alicyclic amines) is 1. The lowest BCUT2D eigenvalue weighted by molar-refractivity contribution is 0.0757. The number of rotatable bonds is 1. The summed E-state index contributed by atoms with van der Waals surface area (Å²) in [6.07, 6.45) is 5.70. The number of pyridine rings is 1. The summed E-state index contributed by atoms with van der Waals surface area (Å²) in [4.78, 5) is 18.7. The van der Waals surface area contributed by atoms with E-state index in [1.165, 1.54) is 0 Å². The van der Waals surface area contributed by atoms with Gasteiger partial charge in [-0.3, -0.25) is 9.78 Å². The van der Waals surface area contributed by atoms with Crippen LogP contribution in [0.2, 0.25) is 0 Å². The van der Waals surface area contributed by atoms with Gasteiger partial charge in [0.05, 0.1) is 5.56 Å². The molecule has 0 unspecified atom stereocenters. The number of hydrogen-bond acceptors (Lipinski definition) is 3. The summed E-state index contributed by atoms with van der Waals surface area (Å²) in [6.45, 7) is 5.99. The van der Waals surface area contributed by atoms with E-state index in [0.717, 1.165) is 62.0 Å². The second-order valence-electron chi connectivity index (χ2n) is 5.74. The number of fused-ring (bicyclic) bond motifs is 1. The SMILES string of the molecule is Cc1ccncc1C(=O)N1CC[C@@H]2CNC[C@@H]2CC1. The highest BCUT2D eigenvalue weighted by molar-refractivity contribution is 5.95. The van der Waals surface area contributed by atoms with E-state index in [4.69, 9.17) is 0 Å². The van der Waals surface area contributed by atoms with Crippen LogP contribution in [0.4, 0.5) is 0 Å². The van der Waals surface area contributed by atoms with Gasteiger partial charge in [0.2, 0.25) is 0 Å². The average molecular weight is 259 g/mol. The number of aromatic nitrogens is 1. The molecule has 2 atom stereocenters. The molecule has 2 aliphatic rings. The zero-order chi connectivity index (χ0) is 13.2. The van der Waals surface area contributed by atoms with Crippen LogP contribution in [0.1, 0.15) is 28.8 Å². The van der Waals surface area contributed by atoms with Gasteiger partial charge in [-0.15, -0.1) is 0 Å². The molecule has 0 radical (unpaired) electrons. The van der Waals surface area contributed by atoms with Crippen molar-refractivity contribution in [3.8, 4) is 0 Å². The molecule has 1 N–H and O–H groups in total. The van der Waals surface area contributed by atoms with Crippen molar-refractivity contribution in [1.82, 2.24) is 15.2 Å². The van der Waals surface area contributed by atoms with Gasteiger partial charge in [-0.2, -0.15) is 0 Å². The van der Waals surface area contributed by atoms with Crippen molar-refractivity contribution in [1.29, 1.82) is 0 Å². The molecule has 4 heteroatoms. The molecule has 2 saturated heterocycles. The predicted molar refractivity (Wildman–Crippen MR) is 74.0 cm³/mol. The minimum absolute atomic E-state index is 0.151. The molecule has 2 fully saturated rings. The van der Waals surface area contributed by atoms with Crippen molar-refractivity contribution in [3.05, 3.63) is 29.6 Å². The fourth-order valence-electron chi connectivity index (χ4n) is 3.28. The van der Waals surface area contributed by atoms with Gasteiger partial charge < -0.3 is 10.2 Å². The summed E-state index contributed by atoms with van der Waals surface area (Å²) in [5.41, 5.74) is 1.78. The lowest BCUT2D eigenvalue weighted by atomic mass is 9.92. The Bertz CT molecular complexity index is 460. The van der Waals surface area contributed by atoms with Crippen LogP contribution in [0.5, 0.6) is 0 Å². The minimum atomic E-state index is 0.151. The Labute approximate surface area is 114 Å². The summed E-state index contributed by atoms with van der Waals surface area (Å²) in [7, 11) is 0. The van der Waals surface area contributed by atoms with Gasteiger partial charge in [0.1, 0.15) is 0 Å². The second-order valence-corrected chi connectivity index (χ2v) is 5.74. The molecule has 4 nitrogen and oxygen atoms in total. The number of nitrogens with one attached hydrogen (secondary N) is 1. The number of amides is 1. The topological polar surface area (TPSA) is 45.2 Å². The van der Waals surface area contributed by atoms with Gasteiger partial charge in [-0.1, -0.05) is 0 Å². The Morgan fingerprint density at radius 1 is 1.32 bits per heavy atom. The third-order valence-electron chi connectivity index (χ3n) is 4.58. The Morgan fingerprint density at radius 2 is 2.00 bits per heavy atom. The number of hydrogen-bond donors (Lipinski definition) is 1. The molecule has 3 heterocycles. The van der Waals surface area contributed by atoms with Gasteiger partial charge in [0, 0.05) is 25.5 Å². The fourth-order valence-corrected chi connectivity index (χ4v) is 3.28. The molecular weight excluding hydrogens is 238 g/mol. The predicted octanol–water partition coefficient (Wildman–Crippen LogP) is 1.46. The summed E-state index contributed by atoms with van der Waals surface area (Å²) in [5.74, 6) is 1.67. The molecule has 102 valence electrons. The van der Waals surface area contributed by atoms with Gasteiger partial charge in [-0.05, 0) is 56.3 Å². The standard InChI is InChI=1S/C15H21N3O/c1-11-2-5-16-10-14(11)15(19)18-6-3-12-8-17-9-13(12)4-7-18/h2,5,10,12-13,17H,3-4,6-9H2,1H3/t12-,13+. The largest absolute Gasteiger partial charge is 0.339 e. The average Bonchev–Trinajstić information content (AvgIpc) is 2.78. The van der Waals surface area contributed by atoms with Crippen LogP contribution in [0.25, 0.3) is 0 Å². The molecule has 0 saturated carbocycles. The van der Waals surface area contributed by atoms with Crippen molar-refractivity contribution < 1.29 is 4.79 Å². The van der Waals surface area contributed by atoms with Crippen LogP contribution in [0, 0.1) is 18.8 Å². The van der Waals surface area contributed by atoms with Crippen LogP contribution >= 0.6 is 0 Å². The Morgan fingerprint density at radius 3 is 2.63 bits per heavy atom. The first-order chi connectivity index (χ1) is 9.25. The maximum Gasteiger partial charge on any atom is 0.255 e. The fraction of sp³-hybridized carbons (Fsp3) is 0.600. The maximum absolute atomic E-state index is 12.6. The second kappa shape index (κ2) is 5.29. The highest BCUT2D eigenvalue weighted by atomic mass is 16.2. The van der Waals surface area contributed by atoms with E-state index >= 15 is 0 Å². The third-order valence-corrected chi connectivity index (χ3v) is 4.58. The Hall–Kier alpha value is -1.42. The molecule has 0 aromatic carbocycles. The quantitative estimate of drug-likeness (QED) is 0.830. The Balaban J connectivity index is 1.72. The number of nitrogens with zero attached hydrogens (tertiary/aromatic N) is 2. The highest BCUT2D eigenvalue weighted by Gasteiger charge is 2.31. The smallest absolute Gasteiger partial charge is 0.255 e. The van der Waals surface area contributed by atoms with Gasteiger partial charge >= 0.3 is 0 Å². The van der Waals surface area contributed by atoms with E-state index in [0.29, 0.717) is 0 Å². The van der Waals surface area contributed by atoms with Crippen LogP contribution in [0.15, 0.2) is 18.5 Å². The molecule has 3 rings (SSSR count). The summed E-state index contributed by atoms with van der Waals surface area (Å²) in [6, 6.07) is 1.91. The molecule has 1 amide bonds. The number of carbonyl (C=O) groups excluding carboxylic acids is 1. The number of carbonyl (C=O) groups is 1. The van der Waals surface area contributed by atoms with Crippen molar-refractivity contribution >= 4 is 5.91 Å². The molecule has 1 aromatic heterocycles. The molecule has 0 bridgehead atoms. The van der Waals surface area contributed by atoms with Gasteiger partial charge in [-0.25, -0.2) is 0 Å². The van der Waals surface area contributed by atoms with Crippen LogP contribution < -0.4 is 5.32 Å². The lowest BCUT2D eigenvalue weighted by Gasteiger charge is -2.21. The van der Waals surface area contributed by atoms with Crippen molar-refractivity contribution in [3.63, 3.8) is 0 Å². The minimum Gasteiger partial charge on any atom is -0.339 e.